The van der Waals surface area contributed by atoms with Crippen molar-refractivity contribution in [2.45, 2.75) is 20.4 Å². The molecule has 0 radical (unpaired) electrons. The number of hydrogen-bond donors (Lipinski definition) is 1. The van der Waals surface area contributed by atoms with Crippen molar-refractivity contribution in [2.75, 3.05) is 18.6 Å². The minimum atomic E-state index is -0.344. The largest absolute Gasteiger partial charge is 0.369 e. The predicted octanol–water partition coefficient (Wildman–Crippen LogP) is 3.11. The number of hydrogen-bond acceptors (Lipinski definition) is 7. The molecule has 1 aromatic carbocycles. The molecule has 0 saturated carbocycles. The van der Waals surface area contributed by atoms with E-state index in [-0.39, 0.29) is 11.6 Å². The van der Waals surface area contributed by atoms with E-state index in [4.69, 9.17) is 9.92 Å². The van der Waals surface area contributed by atoms with Crippen molar-refractivity contribution in [3.8, 4) is 22.4 Å². The van der Waals surface area contributed by atoms with Crippen LogP contribution in [0, 0.1) is 13.8 Å². The first kappa shape index (κ1) is 20.1. The number of nitrogens with two attached hydrogens (primary N) is 1. The van der Waals surface area contributed by atoms with E-state index in [9.17, 15) is 4.79 Å². The van der Waals surface area contributed by atoms with Crippen LogP contribution in [0.3, 0.4) is 0 Å². The van der Waals surface area contributed by atoms with Crippen LogP contribution in [0.2, 0.25) is 0 Å². The molecular weight excluding hydrogens is 400 g/mol. The van der Waals surface area contributed by atoms with E-state index in [0.717, 1.165) is 28.1 Å². The first-order valence-electron chi connectivity index (χ1n) is 9.45. The Morgan fingerprint density at radius 3 is 2.43 bits per heavy atom. The van der Waals surface area contributed by atoms with Crippen molar-refractivity contribution in [3.05, 3.63) is 64.3 Å². The van der Waals surface area contributed by atoms with Crippen LogP contribution >= 0.6 is 12.0 Å². The molecule has 3 heterocycles. The van der Waals surface area contributed by atoms with Gasteiger partial charge in [-0.25, -0.2) is 18.9 Å². The molecule has 0 atom stereocenters. The number of anilines is 1. The van der Waals surface area contributed by atoms with Crippen LogP contribution in [0.25, 0.3) is 28.0 Å². The number of nitrogen functional groups attached to an aromatic ring is 1. The van der Waals surface area contributed by atoms with Gasteiger partial charge in [-0.2, -0.15) is 0 Å². The zero-order valence-electron chi connectivity index (χ0n) is 17.0. The van der Waals surface area contributed by atoms with Gasteiger partial charge in [0.2, 0.25) is 5.95 Å². The Morgan fingerprint density at radius 2 is 1.77 bits per heavy atom. The van der Waals surface area contributed by atoms with Gasteiger partial charge in [0, 0.05) is 23.2 Å². The van der Waals surface area contributed by atoms with Crippen molar-refractivity contribution in [2.24, 2.45) is 0 Å². The van der Waals surface area contributed by atoms with Gasteiger partial charge in [0.25, 0.3) is 0 Å². The van der Waals surface area contributed by atoms with Crippen LogP contribution in [0.1, 0.15) is 11.4 Å². The number of aryl methyl sites for hydroxylation is 2. The average molecular weight is 423 g/mol. The highest BCUT2D eigenvalue weighted by molar-refractivity contribution is 7.93. The summed E-state index contributed by atoms with van der Waals surface area (Å²) in [6, 6.07) is 13.7. The molecule has 9 heteroatoms. The molecule has 2 N–H and O–H groups in total. The predicted molar refractivity (Wildman–Crippen MR) is 119 cm³/mol. The molecular formula is C21H22N6O2S. The molecule has 3 aromatic heterocycles. The Bertz CT molecular complexity index is 1250. The molecule has 30 heavy (non-hydrogen) atoms. The van der Waals surface area contributed by atoms with E-state index in [2.05, 4.69) is 15.1 Å². The van der Waals surface area contributed by atoms with E-state index < -0.39 is 0 Å². The maximum absolute atomic E-state index is 13.0. The Hall–Kier alpha value is -3.17. The fourth-order valence-corrected chi connectivity index (χ4v) is 3.75. The van der Waals surface area contributed by atoms with E-state index in [1.54, 1.807) is 0 Å². The molecule has 0 bridgehead atoms. The smallest absolute Gasteiger partial charge is 0.353 e. The summed E-state index contributed by atoms with van der Waals surface area (Å²) >= 11 is 1.25. The maximum atomic E-state index is 13.0. The molecule has 0 aliphatic heterocycles. The van der Waals surface area contributed by atoms with Gasteiger partial charge in [0.15, 0.2) is 5.65 Å². The zero-order chi connectivity index (χ0) is 21.3. The zero-order valence-corrected chi connectivity index (χ0v) is 17.8. The topological polar surface area (TPSA) is 100 Å². The number of rotatable bonds is 6. The minimum absolute atomic E-state index is 0.0946. The van der Waals surface area contributed by atoms with Gasteiger partial charge >= 0.3 is 5.69 Å². The van der Waals surface area contributed by atoms with E-state index in [1.807, 2.05) is 62.6 Å². The van der Waals surface area contributed by atoms with E-state index in [1.165, 1.54) is 21.1 Å². The first-order chi connectivity index (χ1) is 14.5. The summed E-state index contributed by atoms with van der Waals surface area (Å²) in [6.45, 7) is 4.54. The summed E-state index contributed by atoms with van der Waals surface area (Å²) in [5, 5.41) is 4.60. The first-order valence-corrected chi connectivity index (χ1v) is 10.6. The second kappa shape index (κ2) is 8.29. The molecule has 8 nitrogen and oxygen atoms in total. The van der Waals surface area contributed by atoms with Crippen LogP contribution in [-0.4, -0.2) is 37.0 Å². The van der Waals surface area contributed by atoms with Gasteiger partial charge in [-0.15, -0.1) is 5.10 Å². The summed E-state index contributed by atoms with van der Waals surface area (Å²) in [7, 11) is 0. The summed E-state index contributed by atoms with van der Waals surface area (Å²) in [5.41, 5.74) is 11.3. The van der Waals surface area contributed by atoms with Crippen LogP contribution in [0.4, 0.5) is 5.95 Å². The summed E-state index contributed by atoms with van der Waals surface area (Å²) in [6.07, 6.45) is 1.83. The highest BCUT2D eigenvalue weighted by atomic mass is 32.2. The minimum Gasteiger partial charge on any atom is -0.369 e. The van der Waals surface area contributed by atoms with Crippen molar-refractivity contribution < 1.29 is 4.18 Å². The quantitative estimate of drug-likeness (QED) is 0.376. The molecule has 4 aromatic rings. The third kappa shape index (κ3) is 3.69. The molecule has 0 saturated heterocycles. The molecule has 0 unspecified atom stereocenters. The molecule has 0 aliphatic carbocycles. The lowest BCUT2D eigenvalue weighted by atomic mass is 9.99. The maximum Gasteiger partial charge on any atom is 0.353 e. The second-order valence-electron chi connectivity index (χ2n) is 6.85. The Balaban J connectivity index is 2.05. The van der Waals surface area contributed by atoms with Crippen LogP contribution in [0.5, 0.6) is 0 Å². The number of fused-ring (bicyclic) bond motifs is 1. The SMILES string of the molecule is CSOCCn1nc2c(-c3cc(C)nc(C)c3)c(-c3ccccc3)nc(N)n2c1=O. The fraction of sp³-hybridized carbons (Fsp3) is 0.238. The van der Waals surface area contributed by atoms with Gasteiger partial charge in [-0.1, -0.05) is 30.3 Å². The van der Waals surface area contributed by atoms with Gasteiger partial charge in [-0.3, -0.25) is 4.98 Å². The lowest BCUT2D eigenvalue weighted by Crippen LogP contribution is -2.24. The number of nitrogens with zero attached hydrogens (tertiary/aromatic N) is 5. The standard InChI is InChI=1S/C21H22N6O2S/c1-13-11-16(12-14(2)23-13)17-18(15-7-5-4-6-8-15)24-20(22)27-19(17)25-26(21(27)28)9-10-29-30-3/h4-8,11-12H,9-10H2,1-3H3,(H2,22,24). The lowest BCUT2D eigenvalue weighted by molar-refractivity contribution is 0.336. The molecule has 0 amide bonds. The van der Waals surface area contributed by atoms with Crippen LogP contribution in [0.15, 0.2) is 47.3 Å². The monoisotopic (exact) mass is 422 g/mol. The number of aromatic nitrogens is 5. The lowest BCUT2D eigenvalue weighted by Gasteiger charge is -2.13. The van der Waals surface area contributed by atoms with Gasteiger partial charge in [-0.05, 0) is 43.6 Å². The number of benzene rings is 1. The number of pyridine rings is 1. The highest BCUT2D eigenvalue weighted by Crippen LogP contribution is 2.34. The average Bonchev–Trinajstić information content (AvgIpc) is 3.04. The molecule has 0 aliphatic rings. The second-order valence-corrected chi connectivity index (χ2v) is 7.42. The fourth-order valence-electron chi connectivity index (χ4n) is 3.50. The summed E-state index contributed by atoms with van der Waals surface area (Å²) < 4.78 is 8.03. The molecule has 154 valence electrons. The van der Waals surface area contributed by atoms with Crippen LogP contribution in [-0.2, 0) is 10.7 Å². The van der Waals surface area contributed by atoms with E-state index >= 15 is 0 Å². The Kier molecular flexibility index (Phi) is 5.56. The van der Waals surface area contributed by atoms with Crippen molar-refractivity contribution >= 4 is 23.6 Å². The van der Waals surface area contributed by atoms with Crippen molar-refractivity contribution in [1.29, 1.82) is 0 Å². The highest BCUT2D eigenvalue weighted by Gasteiger charge is 2.21. The van der Waals surface area contributed by atoms with E-state index in [0.29, 0.717) is 24.5 Å². The Labute approximate surface area is 177 Å². The van der Waals surface area contributed by atoms with Crippen molar-refractivity contribution in [1.82, 2.24) is 24.1 Å². The summed E-state index contributed by atoms with van der Waals surface area (Å²) in [5.74, 6) is 0.0946. The third-order valence-electron chi connectivity index (χ3n) is 4.68. The summed E-state index contributed by atoms with van der Waals surface area (Å²) in [4.78, 5) is 22.1. The van der Waals surface area contributed by atoms with Gasteiger partial charge in [0.05, 0.1) is 24.4 Å². The van der Waals surface area contributed by atoms with Gasteiger partial charge in [0.1, 0.15) is 0 Å². The molecule has 4 rings (SSSR count). The van der Waals surface area contributed by atoms with Crippen molar-refractivity contribution in [3.63, 3.8) is 0 Å². The third-order valence-corrected chi connectivity index (χ3v) is 5.08. The van der Waals surface area contributed by atoms with Gasteiger partial charge < -0.3 is 9.92 Å². The molecule has 0 fully saturated rings. The Morgan fingerprint density at radius 1 is 1.07 bits per heavy atom. The molecule has 0 spiro atoms. The van der Waals surface area contributed by atoms with Crippen LogP contribution < -0.4 is 11.4 Å². The normalized spacial score (nSPS) is 11.3.